The molecule has 10 heavy (non-hydrogen) atoms. The Kier molecular flexibility index (Phi) is 2.47. The summed E-state index contributed by atoms with van der Waals surface area (Å²) in [7, 11) is 0. The predicted octanol–water partition coefficient (Wildman–Crippen LogP) is 1.59. The van der Waals surface area contributed by atoms with E-state index in [1.165, 1.54) is 0 Å². The summed E-state index contributed by atoms with van der Waals surface area (Å²) in [4.78, 5) is 0. The molecule has 0 N–H and O–H groups in total. The second kappa shape index (κ2) is 3.01. The van der Waals surface area contributed by atoms with Crippen LogP contribution in [0.4, 0.5) is 0 Å². The lowest BCUT2D eigenvalue weighted by Gasteiger charge is -2.29. The van der Waals surface area contributed by atoms with Gasteiger partial charge < -0.3 is 4.55 Å². The van der Waals surface area contributed by atoms with Crippen LogP contribution in [0.15, 0.2) is 0 Å². The highest BCUT2D eigenvalue weighted by molar-refractivity contribution is 7.80. The first kappa shape index (κ1) is 8.21. The zero-order chi connectivity index (χ0) is 7.61. The van der Waals surface area contributed by atoms with Crippen LogP contribution in [-0.2, 0) is 11.1 Å². The van der Waals surface area contributed by atoms with Gasteiger partial charge in [-0.25, -0.2) is 0 Å². The van der Waals surface area contributed by atoms with Crippen molar-refractivity contribution >= 4 is 11.1 Å². The Morgan fingerprint density at radius 3 is 2.20 bits per heavy atom. The van der Waals surface area contributed by atoms with Crippen LogP contribution in [0, 0.1) is 0 Å². The summed E-state index contributed by atoms with van der Waals surface area (Å²) in [5.74, 6) is 0. The highest BCUT2D eigenvalue weighted by atomic mass is 32.2. The highest BCUT2D eigenvalue weighted by Gasteiger charge is 2.32. The molecule has 0 saturated heterocycles. The maximum absolute atomic E-state index is 10.8. The topological polar surface area (TPSA) is 40.1 Å². The number of rotatable bonds is 2. The van der Waals surface area contributed by atoms with Crippen molar-refractivity contribution < 1.29 is 8.76 Å². The normalized spacial score (nSPS) is 26.6. The average molecular weight is 161 g/mol. The minimum absolute atomic E-state index is 0.347. The Hall–Kier alpha value is 0.110. The minimum Gasteiger partial charge on any atom is -0.772 e. The molecule has 0 aromatic carbocycles. The molecule has 1 atom stereocenters. The van der Waals surface area contributed by atoms with Crippen LogP contribution in [0.3, 0.4) is 0 Å². The van der Waals surface area contributed by atoms with Crippen LogP contribution < -0.4 is 0 Å². The summed E-state index contributed by atoms with van der Waals surface area (Å²) in [5, 5.41) is 0. The first-order valence-electron chi connectivity index (χ1n) is 3.81. The molecule has 1 unspecified atom stereocenters. The van der Waals surface area contributed by atoms with E-state index in [4.69, 9.17) is 0 Å². The van der Waals surface area contributed by atoms with Crippen molar-refractivity contribution in [2.45, 2.75) is 43.8 Å². The van der Waals surface area contributed by atoms with Crippen LogP contribution in [-0.4, -0.2) is 13.5 Å². The monoisotopic (exact) mass is 161 g/mol. The predicted molar refractivity (Wildman–Crippen MR) is 40.4 cm³/mol. The molecule has 1 fully saturated rings. The van der Waals surface area contributed by atoms with E-state index in [9.17, 15) is 8.76 Å². The average Bonchev–Trinajstić information content (AvgIpc) is 2.35. The van der Waals surface area contributed by atoms with Gasteiger partial charge in [0.2, 0.25) is 0 Å². The quantitative estimate of drug-likeness (QED) is 0.577. The van der Waals surface area contributed by atoms with Crippen LogP contribution in [0.25, 0.3) is 0 Å². The van der Waals surface area contributed by atoms with E-state index in [2.05, 4.69) is 0 Å². The van der Waals surface area contributed by atoms with Crippen molar-refractivity contribution in [3.63, 3.8) is 0 Å². The molecule has 0 aliphatic heterocycles. The van der Waals surface area contributed by atoms with E-state index >= 15 is 0 Å². The van der Waals surface area contributed by atoms with Crippen molar-refractivity contribution in [2.75, 3.05) is 0 Å². The van der Waals surface area contributed by atoms with Gasteiger partial charge in [0.1, 0.15) is 0 Å². The Morgan fingerprint density at radius 2 is 2.00 bits per heavy atom. The van der Waals surface area contributed by atoms with Crippen LogP contribution in [0.5, 0.6) is 0 Å². The molecule has 0 aromatic heterocycles. The molecule has 1 aliphatic rings. The summed E-state index contributed by atoms with van der Waals surface area (Å²) in [6.07, 6.45) is 4.70. The van der Waals surface area contributed by atoms with Gasteiger partial charge in [0.25, 0.3) is 0 Å². The van der Waals surface area contributed by atoms with Gasteiger partial charge in [-0.15, -0.1) is 0 Å². The third-order valence-corrected chi connectivity index (χ3v) is 3.92. The van der Waals surface area contributed by atoms with Crippen molar-refractivity contribution in [1.29, 1.82) is 0 Å². The maximum Gasteiger partial charge on any atom is 0.0325 e. The van der Waals surface area contributed by atoms with Crippen LogP contribution in [0.1, 0.15) is 39.0 Å². The van der Waals surface area contributed by atoms with E-state index in [-0.39, 0.29) is 4.75 Å². The second-order valence-electron chi connectivity index (χ2n) is 2.98. The summed E-state index contributed by atoms with van der Waals surface area (Å²) in [5.41, 5.74) is 0. The number of hydrogen-bond acceptors (Lipinski definition) is 2. The first-order valence-corrected chi connectivity index (χ1v) is 4.88. The second-order valence-corrected chi connectivity index (χ2v) is 4.31. The Labute approximate surface area is 64.3 Å². The molecule has 0 aromatic rings. The van der Waals surface area contributed by atoms with Gasteiger partial charge >= 0.3 is 0 Å². The zero-order valence-corrected chi connectivity index (χ0v) is 7.08. The molecule has 0 bridgehead atoms. The van der Waals surface area contributed by atoms with E-state index in [0.29, 0.717) is 0 Å². The minimum atomic E-state index is -1.85. The molecule has 3 heteroatoms. The maximum atomic E-state index is 10.8. The van der Waals surface area contributed by atoms with Crippen molar-refractivity contribution in [1.82, 2.24) is 0 Å². The molecule has 0 amide bonds. The molecule has 0 radical (unpaired) electrons. The fourth-order valence-corrected chi connectivity index (χ4v) is 2.52. The van der Waals surface area contributed by atoms with E-state index < -0.39 is 11.1 Å². The van der Waals surface area contributed by atoms with Crippen LogP contribution >= 0.6 is 0 Å². The third-order valence-electron chi connectivity index (χ3n) is 2.51. The van der Waals surface area contributed by atoms with Gasteiger partial charge in [0.05, 0.1) is 0 Å². The van der Waals surface area contributed by atoms with Crippen molar-refractivity contribution in [3.05, 3.63) is 0 Å². The molecule has 1 saturated carbocycles. The molecule has 0 spiro atoms. The van der Waals surface area contributed by atoms with Gasteiger partial charge in [0, 0.05) is 4.75 Å². The Morgan fingerprint density at radius 1 is 1.50 bits per heavy atom. The standard InChI is InChI=1S/C7H14O2S/c1-2-7(10(8)9)5-3-4-6-7/h2-6H2,1H3,(H,8,9)/p-1. The van der Waals surface area contributed by atoms with Crippen molar-refractivity contribution in [2.24, 2.45) is 0 Å². The summed E-state index contributed by atoms with van der Waals surface area (Å²) >= 11 is -1.85. The molecular weight excluding hydrogens is 148 g/mol. The Bertz CT molecular complexity index is 139. The summed E-state index contributed by atoms with van der Waals surface area (Å²) in [6, 6.07) is 0. The van der Waals surface area contributed by atoms with Gasteiger partial charge in [-0.05, 0) is 30.3 Å². The van der Waals surface area contributed by atoms with Gasteiger partial charge in [-0.3, -0.25) is 4.21 Å². The lowest BCUT2D eigenvalue weighted by Crippen LogP contribution is -2.29. The molecular formula is C7H13O2S-. The van der Waals surface area contributed by atoms with E-state index in [0.717, 1.165) is 32.1 Å². The van der Waals surface area contributed by atoms with E-state index in [1.54, 1.807) is 0 Å². The molecule has 1 rings (SSSR count). The molecule has 1 aliphatic carbocycles. The molecule has 0 heterocycles. The summed E-state index contributed by atoms with van der Waals surface area (Å²) in [6.45, 7) is 1.96. The third kappa shape index (κ3) is 1.25. The van der Waals surface area contributed by atoms with Crippen LogP contribution in [0.2, 0.25) is 0 Å². The highest BCUT2D eigenvalue weighted by Crippen LogP contribution is 2.36. The zero-order valence-electron chi connectivity index (χ0n) is 6.26. The number of hydrogen-bond donors (Lipinski definition) is 0. The van der Waals surface area contributed by atoms with E-state index in [1.807, 2.05) is 6.92 Å². The van der Waals surface area contributed by atoms with Gasteiger partial charge in [0.15, 0.2) is 0 Å². The fraction of sp³-hybridized carbons (Fsp3) is 1.00. The fourth-order valence-electron chi connectivity index (χ4n) is 1.66. The lowest BCUT2D eigenvalue weighted by atomic mass is 10.0. The van der Waals surface area contributed by atoms with Gasteiger partial charge in [-0.1, -0.05) is 19.8 Å². The Balaban J connectivity index is 2.67. The smallest absolute Gasteiger partial charge is 0.0325 e. The summed E-state index contributed by atoms with van der Waals surface area (Å²) < 4.78 is 21.2. The van der Waals surface area contributed by atoms with Gasteiger partial charge in [-0.2, -0.15) is 0 Å². The van der Waals surface area contributed by atoms with Crippen molar-refractivity contribution in [3.8, 4) is 0 Å². The largest absolute Gasteiger partial charge is 0.772 e. The SMILES string of the molecule is CCC1(S(=O)[O-])CCCC1. The lowest BCUT2D eigenvalue weighted by molar-refractivity contribution is 0.461. The first-order chi connectivity index (χ1) is 4.71. The molecule has 2 nitrogen and oxygen atoms in total. The molecule has 60 valence electrons.